The summed E-state index contributed by atoms with van der Waals surface area (Å²) < 4.78 is 19.0. The van der Waals surface area contributed by atoms with Crippen molar-refractivity contribution in [2.45, 2.75) is 12.5 Å². The number of nitrogens with two attached hydrogens (primary N) is 1. The van der Waals surface area contributed by atoms with Crippen molar-refractivity contribution in [1.29, 1.82) is 0 Å². The summed E-state index contributed by atoms with van der Waals surface area (Å²) in [5, 5.41) is 0. The third kappa shape index (κ3) is 3.56. The van der Waals surface area contributed by atoms with Crippen LogP contribution in [0.2, 0.25) is 0 Å². The van der Waals surface area contributed by atoms with Crippen LogP contribution in [0.15, 0.2) is 46.9 Å². The minimum absolute atomic E-state index is 0.0531. The molecule has 20 heavy (non-hydrogen) atoms. The SMILES string of the molecule is COc1ccc(C(Cc2ccc(F)cc2)NN)cc1Br. The number of hydrogen-bond acceptors (Lipinski definition) is 3. The fraction of sp³-hybridized carbons (Fsp3) is 0.200. The van der Waals surface area contributed by atoms with Crippen molar-refractivity contribution in [1.82, 2.24) is 5.43 Å². The van der Waals surface area contributed by atoms with Gasteiger partial charge in [0.25, 0.3) is 0 Å². The molecule has 0 amide bonds. The fourth-order valence-electron chi connectivity index (χ4n) is 2.03. The normalized spacial score (nSPS) is 12.2. The first kappa shape index (κ1) is 15.0. The highest BCUT2D eigenvalue weighted by Crippen LogP contribution is 2.29. The van der Waals surface area contributed by atoms with Gasteiger partial charge in [-0.15, -0.1) is 0 Å². The molecule has 0 aliphatic rings. The molecule has 2 aromatic rings. The van der Waals surface area contributed by atoms with Gasteiger partial charge in [0.1, 0.15) is 11.6 Å². The molecule has 0 aliphatic heterocycles. The molecule has 0 fully saturated rings. The van der Waals surface area contributed by atoms with Crippen molar-refractivity contribution >= 4 is 15.9 Å². The Labute approximate surface area is 126 Å². The van der Waals surface area contributed by atoms with Crippen molar-refractivity contribution in [3.63, 3.8) is 0 Å². The lowest BCUT2D eigenvalue weighted by molar-refractivity contribution is 0.411. The molecular weight excluding hydrogens is 323 g/mol. The van der Waals surface area contributed by atoms with E-state index in [1.807, 2.05) is 18.2 Å². The summed E-state index contributed by atoms with van der Waals surface area (Å²) in [5.74, 6) is 6.16. The maximum atomic E-state index is 12.9. The summed E-state index contributed by atoms with van der Waals surface area (Å²) in [7, 11) is 1.62. The van der Waals surface area contributed by atoms with Crippen LogP contribution in [0, 0.1) is 5.82 Å². The molecule has 3 N–H and O–H groups in total. The number of halogens is 2. The van der Waals surface area contributed by atoms with Crippen LogP contribution in [0.3, 0.4) is 0 Å². The molecule has 0 spiro atoms. The van der Waals surface area contributed by atoms with E-state index in [4.69, 9.17) is 10.6 Å². The zero-order valence-corrected chi connectivity index (χ0v) is 12.7. The lowest BCUT2D eigenvalue weighted by atomic mass is 9.99. The van der Waals surface area contributed by atoms with E-state index in [2.05, 4.69) is 21.4 Å². The molecule has 0 saturated carbocycles. The molecule has 0 saturated heterocycles. The Morgan fingerprint density at radius 2 is 1.95 bits per heavy atom. The van der Waals surface area contributed by atoms with Crippen LogP contribution in [0.5, 0.6) is 5.75 Å². The number of ether oxygens (including phenoxy) is 1. The zero-order valence-electron chi connectivity index (χ0n) is 11.1. The van der Waals surface area contributed by atoms with Crippen LogP contribution >= 0.6 is 15.9 Å². The third-order valence-corrected chi connectivity index (χ3v) is 3.75. The van der Waals surface area contributed by atoms with Gasteiger partial charge < -0.3 is 4.74 Å². The lowest BCUT2D eigenvalue weighted by Gasteiger charge is -2.17. The molecule has 0 aromatic heterocycles. The predicted molar refractivity (Wildman–Crippen MR) is 80.9 cm³/mol. The Kier molecular flexibility index (Phi) is 5.11. The van der Waals surface area contributed by atoms with Crippen LogP contribution in [0.4, 0.5) is 4.39 Å². The average Bonchev–Trinajstić information content (AvgIpc) is 2.46. The number of nitrogens with one attached hydrogen (secondary N) is 1. The number of hydrogen-bond donors (Lipinski definition) is 2. The Morgan fingerprint density at radius 3 is 2.50 bits per heavy atom. The molecule has 0 aliphatic carbocycles. The van der Waals surface area contributed by atoms with Gasteiger partial charge in [-0.2, -0.15) is 0 Å². The highest BCUT2D eigenvalue weighted by atomic mass is 79.9. The summed E-state index contributed by atoms with van der Waals surface area (Å²) in [6.07, 6.45) is 0.676. The highest BCUT2D eigenvalue weighted by Gasteiger charge is 2.12. The first-order valence-electron chi connectivity index (χ1n) is 6.18. The predicted octanol–water partition coefficient (Wildman–Crippen LogP) is 3.34. The Morgan fingerprint density at radius 1 is 1.25 bits per heavy atom. The van der Waals surface area contributed by atoms with E-state index in [1.165, 1.54) is 12.1 Å². The van der Waals surface area contributed by atoms with E-state index in [-0.39, 0.29) is 11.9 Å². The van der Waals surface area contributed by atoms with Crippen molar-refractivity contribution in [2.24, 2.45) is 5.84 Å². The molecule has 0 bridgehead atoms. The average molecular weight is 339 g/mol. The van der Waals surface area contributed by atoms with E-state index in [1.54, 1.807) is 19.2 Å². The van der Waals surface area contributed by atoms with Gasteiger partial charge in [0.2, 0.25) is 0 Å². The van der Waals surface area contributed by atoms with Gasteiger partial charge in [0.15, 0.2) is 0 Å². The summed E-state index contributed by atoms with van der Waals surface area (Å²) >= 11 is 3.46. The number of rotatable bonds is 5. The Hall–Kier alpha value is -1.43. The minimum Gasteiger partial charge on any atom is -0.496 e. The third-order valence-electron chi connectivity index (χ3n) is 3.13. The molecule has 5 heteroatoms. The van der Waals surface area contributed by atoms with E-state index < -0.39 is 0 Å². The molecule has 3 nitrogen and oxygen atoms in total. The standard InChI is InChI=1S/C15H16BrFN2O/c1-20-15-7-4-11(9-13(15)16)14(19-18)8-10-2-5-12(17)6-3-10/h2-7,9,14,19H,8,18H2,1H3. The van der Waals surface area contributed by atoms with Crippen LogP contribution in [-0.4, -0.2) is 7.11 Å². The van der Waals surface area contributed by atoms with E-state index in [0.717, 1.165) is 21.3 Å². The number of hydrazine groups is 1. The van der Waals surface area contributed by atoms with Gasteiger partial charge in [0, 0.05) is 0 Å². The molecule has 0 radical (unpaired) electrons. The molecule has 1 unspecified atom stereocenters. The fourth-order valence-corrected chi connectivity index (χ4v) is 2.59. The lowest BCUT2D eigenvalue weighted by Crippen LogP contribution is -2.29. The maximum Gasteiger partial charge on any atom is 0.133 e. The second-order valence-electron chi connectivity index (χ2n) is 4.44. The van der Waals surface area contributed by atoms with Gasteiger partial charge in [-0.3, -0.25) is 11.3 Å². The molecule has 0 heterocycles. The second-order valence-corrected chi connectivity index (χ2v) is 5.30. The maximum absolute atomic E-state index is 12.9. The highest BCUT2D eigenvalue weighted by molar-refractivity contribution is 9.10. The van der Waals surface area contributed by atoms with Gasteiger partial charge >= 0.3 is 0 Å². The second kappa shape index (κ2) is 6.83. The minimum atomic E-state index is -0.238. The quantitative estimate of drug-likeness (QED) is 0.649. The van der Waals surface area contributed by atoms with E-state index in [0.29, 0.717) is 6.42 Å². The Balaban J connectivity index is 2.19. The van der Waals surface area contributed by atoms with Gasteiger partial charge in [-0.05, 0) is 57.7 Å². The van der Waals surface area contributed by atoms with Crippen LogP contribution in [-0.2, 0) is 6.42 Å². The summed E-state index contributed by atoms with van der Waals surface area (Å²) in [6, 6.07) is 12.2. The molecular formula is C15H16BrFN2O. The van der Waals surface area contributed by atoms with Crippen LogP contribution in [0.1, 0.15) is 17.2 Å². The largest absolute Gasteiger partial charge is 0.496 e. The summed E-state index contributed by atoms with van der Waals surface area (Å²) in [6.45, 7) is 0. The monoisotopic (exact) mass is 338 g/mol. The van der Waals surface area contributed by atoms with Crippen molar-refractivity contribution in [3.8, 4) is 5.75 Å². The van der Waals surface area contributed by atoms with E-state index in [9.17, 15) is 4.39 Å². The number of methoxy groups -OCH3 is 1. The van der Waals surface area contributed by atoms with Gasteiger partial charge in [0.05, 0.1) is 17.6 Å². The first-order valence-corrected chi connectivity index (χ1v) is 6.97. The van der Waals surface area contributed by atoms with Crippen molar-refractivity contribution < 1.29 is 9.13 Å². The Bertz CT molecular complexity index is 575. The molecule has 1 atom stereocenters. The summed E-state index contributed by atoms with van der Waals surface area (Å²) in [5.41, 5.74) is 4.84. The molecule has 2 rings (SSSR count). The van der Waals surface area contributed by atoms with Crippen LogP contribution < -0.4 is 16.0 Å². The van der Waals surface area contributed by atoms with Crippen molar-refractivity contribution in [2.75, 3.05) is 7.11 Å². The van der Waals surface area contributed by atoms with Gasteiger partial charge in [-0.1, -0.05) is 18.2 Å². The number of benzene rings is 2. The van der Waals surface area contributed by atoms with Crippen LogP contribution in [0.25, 0.3) is 0 Å². The zero-order chi connectivity index (χ0) is 14.5. The summed E-state index contributed by atoms with van der Waals surface area (Å²) in [4.78, 5) is 0. The topological polar surface area (TPSA) is 47.3 Å². The smallest absolute Gasteiger partial charge is 0.133 e. The van der Waals surface area contributed by atoms with Gasteiger partial charge in [-0.25, -0.2) is 4.39 Å². The molecule has 106 valence electrons. The van der Waals surface area contributed by atoms with E-state index >= 15 is 0 Å². The first-order chi connectivity index (χ1) is 9.63. The van der Waals surface area contributed by atoms with Crippen molar-refractivity contribution in [3.05, 3.63) is 63.9 Å². The molecule has 2 aromatic carbocycles.